The molecule has 0 amide bonds. The Balaban J connectivity index is 2.36. The number of imidazole rings is 1. The summed E-state index contributed by atoms with van der Waals surface area (Å²) in [4.78, 5) is 4.36. The van der Waals surface area contributed by atoms with Gasteiger partial charge in [0.2, 0.25) is 0 Å². The summed E-state index contributed by atoms with van der Waals surface area (Å²) in [5, 5.41) is 0.0664. The molecule has 0 atom stereocenters. The second-order valence-corrected chi connectivity index (χ2v) is 5.16. The van der Waals surface area contributed by atoms with Gasteiger partial charge < -0.3 is 9.30 Å². The summed E-state index contributed by atoms with van der Waals surface area (Å²) in [7, 11) is 0. The van der Waals surface area contributed by atoms with E-state index in [1.807, 2.05) is 18.4 Å². The van der Waals surface area contributed by atoms with Crippen LogP contribution in [0, 0.1) is 5.82 Å². The summed E-state index contributed by atoms with van der Waals surface area (Å²) < 4.78 is 20.9. The van der Waals surface area contributed by atoms with Crippen LogP contribution in [0.1, 0.15) is 19.7 Å². The van der Waals surface area contributed by atoms with Crippen molar-refractivity contribution in [2.24, 2.45) is 0 Å². The molecule has 0 saturated carbocycles. The highest BCUT2D eigenvalue weighted by Crippen LogP contribution is 2.24. The van der Waals surface area contributed by atoms with Crippen LogP contribution in [-0.2, 0) is 17.2 Å². The van der Waals surface area contributed by atoms with Crippen LogP contribution in [0.15, 0.2) is 12.1 Å². The van der Waals surface area contributed by atoms with E-state index in [4.69, 9.17) is 27.9 Å². The summed E-state index contributed by atoms with van der Waals surface area (Å²) in [5.74, 6) is 0.488. The SMILES string of the molecule is CC(C)OCCn1c(CCl)nc2cc(Cl)c(F)cc21. The van der Waals surface area contributed by atoms with E-state index >= 15 is 0 Å². The van der Waals surface area contributed by atoms with E-state index in [-0.39, 0.29) is 17.0 Å². The van der Waals surface area contributed by atoms with Crippen molar-refractivity contribution < 1.29 is 9.13 Å². The Morgan fingerprint density at radius 1 is 1.42 bits per heavy atom. The van der Waals surface area contributed by atoms with Gasteiger partial charge in [0.05, 0.1) is 34.6 Å². The third kappa shape index (κ3) is 3.19. The van der Waals surface area contributed by atoms with Crippen molar-refractivity contribution in [1.82, 2.24) is 9.55 Å². The average Bonchev–Trinajstić information content (AvgIpc) is 2.67. The zero-order chi connectivity index (χ0) is 14.0. The number of fused-ring (bicyclic) bond motifs is 1. The number of hydrogen-bond donors (Lipinski definition) is 0. The Labute approximate surface area is 121 Å². The van der Waals surface area contributed by atoms with Gasteiger partial charge in [-0.15, -0.1) is 11.6 Å². The van der Waals surface area contributed by atoms with Gasteiger partial charge in [0.1, 0.15) is 11.6 Å². The van der Waals surface area contributed by atoms with Gasteiger partial charge in [-0.05, 0) is 19.9 Å². The normalized spacial score (nSPS) is 11.7. The molecule has 0 aliphatic heterocycles. The third-order valence-electron chi connectivity index (χ3n) is 2.75. The van der Waals surface area contributed by atoms with Crippen LogP contribution >= 0.6 is 23.2 Å². The second-order valence-electron chi connectivity index (χ2n) is 4.49. The number of benzene rings is 1. The number of halogens is 3. The Kier molecular flexibility index (Phi) is 4.66. The van der Waals surface area contributed by atoms with E-state index in [2.05, 4.69) is 4.98 Å². The van der Waals surface area contributed by atoms with Crippen molar-refractivity contribution in [3.63, 3.8) is 0 Å². The molecule has 1 heterocycles. The highest BCUT2D eigenvalue weighted by Gasteiger charge is 2.13. The Hall–Kier alpha value is -0.840. The van der Waals surface area contributed by atoms with Crippen molar-refractivity contribution in [2.75, 3.05) is 6.61 Å². The molecule has 0 unspecified atom stereocenters. The molecule has 0 aliphatic rings. The Morgan fingerprint density at radius 2 is 2.16 bits per heavy atom. The van der Waals surface area contributed by atoms with Gasteiger partial charge in [0, 0.05) is 12.6 Å². The summed E-state index contributed by atoms with van der Waals surface area (Å²) >= 11 is 11.6. The molecule has 0 fully saturated rings. The van der Waals surface area contributed by atoms with E-state index in [0.717, 1.165) is 0 Å². The predicted octanol–water partition coefficient (Wildman–Crippen LogP) is 3.99. The predicted molar refractivity (Wildman–Crippen MR) is 75.3 cm³/mol. The highest BCUT2D eigenvalue weighted by molar-refractivity contribution is 6.31. The lowest BCUT2D eigenvalue weighted by atomic mass is 10.3. The molecular weight excluding hydrogens is 290 g/mol. The fourth-order valence-corrected chi connectivity index (χ4v) is 2.26. The maximum atomic E-state index is 13.6. The number of rotatable bonds is 5. The van der Waals surface area contributed by atoms with Gasteiger partial charge in [0.25, 0.3) is 0 Å². The first-order valence-electron chi connectivity index (χ1n) is 6.04. The van der Waals surface area contributed by atoms with Crippen molar-refractivity contribution in [3.05, 3.63) is 28.8 Å². The fourth-order valence-electron chi connectivity index (χ4n) is 1.90. The Morgan fingerprint density at radius 3 is 2.79 bits per heavy atom. The van der Waals surface area contributed by atoms with Crippen molar-refractivity contribution in [1.29, 1.82) is 0 Å². The molecule has 1 aromatic heterocycles. The van der Waals surface area contributed by atoms with Crippen LogP contribution < -0.4 is 0 Å². The molecule has 0 saturated heterocycles. The molecule has 0 radical (unpaired) electrons. The van der Waals surface area contributed by atoms with Gasteiger partial charge in [-0.3, -0.25) is 0 Å². The maximum absolute atomic E-state index is 13.6. The zero-order valence-electron chi connectivity index (χ0n) is 10.8. The lowest BCUT2D eigenvalue weighted by Gasteiger charge is -2.10. The molecule has 0 spiro atoms. The summed E-state index contributed by atoms with van der Waals surface area (Å²) in [6, 6.07) is 2.90. The van der Waals surface area contributed by atoms with E-state index in [9.17, 15) is 4.39 Å². The molecular formula is C13H15Cl2FN2O. The van der Waals surface area contributed by atoms with Crippen LogP contribution in [0.25, 0.3) is 11.0 Å². The van der Waals surface area contributed by atoms with Crippen molar-refractivity contribution >= 4 is 34.2 Å². The third-order valence-corrected chi connectivity index (χ3v) is 3.28. The van der Waals surface area contributed by atoms with Crippen LogP contribution in [0.4, 0.5) is 4.39 Å². The van der Waals surface area contributed by atoms with Crippen LogP contribution in [-0.4, -0.2) is 22.3 Å². The fraction of sp³-hybridized carbons (Fsp3) is 0.462. The molecule has 6 heteroatoms. The highest BCUT2D eigenvalue weighted by atomic mass is 35.5. The van der Waals surface area contributed by atoms with E-state index in [1.54, 1.807) is 0 Å². The molecule has 19 heavy (non-hydrogen) atoms. The molecule has 104 valence electrons. The largest absolute Gasteiger partial charge is 0.377 e. The minimum absolute atomic E-state index is 0.0664. The van der Waals surface area contributed by atoms with E-state index < -0.39 is 5.82 Å². The summed E-state index contributed by atoms with van der Waals surface area (Å²) in [6.45, 7) is 5.04. The molecule has 0 aliphatic carbocycles. The van der Waals surface area contributed by atoms with Gasteiger partial charge in [0.15, 0.2) is 0 Å². The summed E-state index contributed by atoms with van der Waals surface area (Å²) in [6.07, 6.45) is 0.153. The number of alkyl halides is 1. The Bertz CT molecular complexity index is 584. The molecule has 2 aromatic rings. The number of aromatic nitrogens is 2. The van der Waals surface area contributed by atoms with Gasteiger partial charge >= 0.3 is 0 Å². The van der Waals surface area contributed by atoms with Gasteiger partial charge in [-0.2, -0.15) is 0 Å². The summed E-state index contributed by atoms with van der Waals surface area (Å²) in [5.41, 5.74) is 1.33. The smallest absolute Gasteiger partial charge is 0.144 e. The molecule has 0 N–H and O–H groups in total. The first-order chi connectivity index (χ1) is 9.02. The molecule has 1 aromatic carbocycles. The van der Waals surface area contributed by atoms with Crippen LogP contribution in [0.3, 0.4) is 0 Å². The quantitative estimate of drug-likeness (QED) is 0.781. The second kappa shape index (κ2) is 6.07. The first kappa shape index (κ1) is 14.6. The van der Waals surface area contributed by atoms with E-state index in [1.165, 1.54) is 12.1 Å². The van der Waals surface area contributed by atoms with Crippen LogP contribution in [0.5, 0.6) is 0 Å². The van der Waals surface area contributed by atoms with Gasteiger partial charge in [-0.1, -0.05) is 11.6 Å². The topological polar surface area (TPSA) is 27.1 Å². The standard InChI is InChI=1S/C13H15Cl2FN2O/c1-8(2)19-4-3-18-12-6-10(16)9(15)5-11(12)17-13(18)7-14/h5-6,8H,3-4,7H2,1-2H3. The molecule has 3 nitrogen and oxygen atoms in total. The minimum atomic E-state index is -0.457. The van der Waals surface area contributed by atoms with E-state index in [0.29, 0.717) is 30.0 Å². The zero-order valence-corrected chi connectivity index (χ0v) is 12.3. The first-order valence-corrected chi connectivity index (χ1v) is 6.96. The van der Waals surface area contributed by atoms with Crippen molar-refractivity contribution in [2.45, 2.75) is 32.4 Å². The molecule has 0 bridgehead atoms. The monoisotopic (exact) mass is 304 g/mol. The number of nitrogens with zero attached hydrogens (tertiary/aromatic N) is 2. The lowest BCUT2D eigenvalue weighted by Crippen LogP contribution is -2.12. The average molecular weight is 305 g/mol. The van der Waals surface area contributed by atoms with Crippen LogP contribution in [0.2, 0.25) is 5.02 Å². The van der Waals surface area contributed by atoms with Gasteiger partial charge in [-0.25, -0.2) is 9.37 Å². The molecule has 2 rings (SSSR count). The number of ether oxygens (including phenoxy) is 1. The minimum Gasteiger partial charge on any atom is -0.377 e. The maximum Gasteiger partial charge on any atom is 0.144 e. The van der Waals surface area contributed by atoms with Crippen molar-refractivity contribution in [3.8, 4) is 0 Å². The number of hydrogen-bond acceptors (Lipinski definition) is 2. The lowest BCUT2D eigenvalue weighted by molar-refractivity contribution is 0.0729.